The fraction of sp³-hybridized carbons (Fsp3) is 0.429. The average molecular weight is 261 g/mol. The summed E-state index contributed by atoms with van der Waals surface area (Å²) < 4.78 is 5.10. The Morgan fingerprint density at radius 1 is 1.53 bits per heavy atom. The van der Waals surface area contributed by atoms with E-state index in [-0.39, 0.29) is 5.91 Å². The van der Waals surface area contributed by atoms with Crippen LogP contribution in [0.1, 0.15) is 18.1 Å². The Balaban J connectivity index is 2.80. The first-order valence-corrected chi connectivity index (χ1v) is 6.14. The number of nitrogens with one attached hydrogen (secondary N) is 1. The second-order valence-corrected chi connectivity index (χ2v) is 4.12. The highest BCUT2D eigenvalue weighted by Gasteiger charge is 2.10. The topological polar surface area (TPSA) is 65.4 Å². The molecular weight excluding hydrogens is 242 g/mol. The van der Waals surface area contributed by atoms with Crippen molar-refractivity contribution in [2.24, 2.45) is 0 Å². The third-order valence-corrected chi connectivity index (χ3v) is 2.88. The van der Waals surface area contributed by atoms with Gasteiger partial charge in [0.1, 0.15) is 11.8 Å². The fourth-order valence-electron chi connectivity index (χ4n) is 1.76. The molecule has 1 N–H and O–H groups in total. The molecule has 5 nitrogen and oxygen atoms in total. The molecule has 0 atom stereocenters. The minimum Gasteiger partial charge on any atom is -0.495 e. The number of hydrogen-bond donors (Lipinski definition) is 1. The van der Waals surface area contributed by atoms with E-state index in [0.717, 1.165) is 12.1 Å². The number of nitriles is 1. The first-order chi connectivity index (χ1) is 9.14. The molecule has 0 saturated heterocycles. The number of benzene rings is 1. The van der Waals surface area contributed by atoms with Gasteiger partial charge in [0.15, 0.2) is 0 Å². The summed E-state index contributed by atoms with van der Waals surface area (Å²) in [6.07, 6.45) is 0. The van der Waals surface area contributed by atoms with Crippen LogP contribution in [0.5, 0.6) is 5.75 Å². The van der Waals surface area contributed by atoms with Crippen molar-refractivity contribution in [1.82, 2.24) is 10.2 Å². The van der Waals surface area contributed by atoms with Gasteiger partial charge in [0.05, 0.1) is 19.2 Å². The van der Waals surface area contributed by atoms with Gasteiger partial charge in [-0.15, -0.1) is 0 Å². The molecular formula is C14H19N3O2. The molecule has 0 unspecified atom stereocenters. The van der Waals surface area contributed by atoms with E-state index < -0.39 is 0 Å². The molecule has 0 aliphatic heterocycles. The van der Waals surface area contributed by atoms with Crippen LogP contribution in [0.25, 0.3) is 0 Å². The van der Waals surface area contributed by atoms with Crippen molar-refractivity contribution >= 4 is 5.91 Å². The number of ether oxygens (including phenoxy) is 1. The monoisotopic (exact) mass is 261 g/mol. The van der Waals surface area contributed by atoms with E-state index >= 15 is 0 Å². The summed E-state index contributed by atoms with van der Waals surface area (Å²) in [4.78, 5) is 13.4. The van der Waals surface area contributed by atoms with Crippen molar-refractivity contribution in [3.05, 3.63) is 29.3 Å². The van der Waals surface area contributed by atoms with Crippen molar-refractivity contribution < 1.29 is 9.53 Å². The standard InChI is InChI=1S/C14H19N3O2/c1-4-17(10-14(18)16-2)9-11-5-6-13(19-3)12(7-11)8-15/h5-7H,4,9-10H2,1-3H3,(H,16,18). The molecule has 0 aromatic heterocycles. The Morgan fingerprint density at radius 2 is 2.26 bits per heavy atom. The zero-order chi connectivity index (χ0) is 14.3. The molecule has 1 aromatic carbocycles. The Hall–Kier alpha value is -2.06. The SMILES string of the molecule is CCN(CC(=O)NC)Cc1ccc(OC)c(C#N)c1. The van der Waals surface area contributed by atoms with Crippen LogP contribution in [0.2, 0.25) is 0 Å². The van der Waals surface area contributed by atoms with Crippen molar-refractivity contribution in [3.63, 3.8) is 0 Å². The maximum Gasteiger partial charge on any atom is 0.233 e. The first-order valence-electron chi connectivity index (χ1n) is 6.14. The third kappa shape index (κ3) is 4.27. The molecule has 1 aromatic rings. The molecule has 0 spiro atoms. The molecule has 102 valence electrons. The van der Waals surface area contributed by atoms with E-state index in [1.165, 1.54) is 0 Å². The average Bonchev–Trinajstić information content (AvgIpc) is 2.45. The lowest BCUT2D eigenvalue weighted by molar-refractivity contribution is -0.121. The first kappa shape index (κ1) is 15.0. The molecule has 1 rings (SSSR count). The van der Waals surface area contributed by atoms with Gasteiger partial charge in [-0.1, -0.05) is 13.0 Å². The van der Waals surface area contributed by atoms with Crippen LogP contribution < -0.4 is 10.1 Å². The Kier molecular flexibility index (Phi) is 5.83. The largest absolute Gasteiger partial charge is 0.495 e. The maximum atomic E-state index is 11.4. The van der Waals surface area contributed by atoms with Gasteiger partial charge in [0, 0.05) is 13.6 Å². The second kappa shape index (κ2) is 7.39. The van der Waals surface area contributed by atoms with Crippen LogP contribution in [0.15, 0.2) is 18.2 Å². The van der Waals surface area contributed by atoms with Gasteiger partial charge in [-0.25, -0.2) is 0 Å². The smallest absolute Gasteiger partial charge is 0.233 e. The number of methoxy groups -OCH3 is 1. The molecule has 0 radical (unpaired) electrons. The highest BCUT2D eigenvalue weighted by atomic mass is 16.5. The van der Waals surface area contributed by atoms with Crippen molar-refractivity contribution in [3.8, 4) is 11.8 Å². The van der Waals surface area contributed by atoms with Crippen LogP contribution in [0, 0.1) is 11.3 Å². The highest BCUT2D eigenvalue weighted by Crippen LogP contribution is 2.19. The zero-order valence-corrected chi connectivity index (χ0v) is 11.6. The lowest BCUT2D eigenvalue weighted by Crippen LogP contribution is -2.35. The van der Waals surface area contributed by atoms with Crippen LogP contribution in [0.4, 0.5) is 0 Å². The normalized spacial score (nSPS) is 10.1. The Bertz CT molecular complexity index is 480. The maximum absolute atomic E-state index is 11.4. The summed E-state index contributed by atoms with van der Waals surface area (Å²) in [5, 5.41) is 11.6. The van der Waals surface area contributed by atoms with Crippen molar-refractivity contribution in [2.75, 3.05) is 27.2 Å². The van der Waals surface area contributed by atoms with E-state index in [9.17, 15) is 4.79 Å². The van der Waals surface area contributed by atoms with Gasteiger partial charge in [0.2, 0.25) is 5.91 Å². The number of amides is 1. The molecule has 0 bridgehead atoms. The lowest BCUT2D eigenvalue weighted by atomic mass is 10.1. The lowest BCUT2D eigenvalue weighted by Gasteiger charge is -2.19. The number of likely N-dealkylation sites (N-methyl/N-ethyl adjacent to an activating group) is 2. The van der Waals surface area contributed by atoms with Crippen LogP contribution in [-0.4, -0.2) is 38.1 Å². The zero-order valence-electron chi connectivity index (χ0n) is 11.6. The third-order valence-electron chi connectivity index (χ3n) is 2.88. The van der Waals surface area contributed by atoms with Gasteiger partial charge in [-0.3, -0.25) is 9.69 Å². The van der Waals surface area contributed by atoms with Gasteiger partial charge in [-0.2, -0.15) is 5.26 Å². The summed E-state index contributed by atoms with van der Waals surface area (Å²) in [5.74, 6) is 0.552. The molecule has 0 heterocycles. The number of hydrogen-bond acceptors (Lipinski definition) is 4. The highest BCUT2D eigenvalue weighted by molar-refractivity contribution is 5.77. The minimum absolute atomic E-state index is 0.0177. The van der Waals surface area contributed by atoms with Gasteiger partial charge >= 0.3 is 0 Å². The number of carbonyl (C=O) groups is 1. The summed E-state index contributed by atoms with van der Waals surface area (Å²) in [6, 6.07) is 7.59. The molecule has 0 saturated carbocycles. The van der Waals surface area contributed by atoms with Crippen LogP contribution in [0.3, 0.4) is 0 Å². The van der Waals surface area contributed by atoms with E-state index in [0.29, 0.717) is 24.4 Å². The van der Waals surface area contributed by atoms with Gasteiger partial charge in [-0.05, 0) is 24.2 Å². The summed E-state index contributed by atoms with van der Waals surface area (Å²) in [7, 11) is 3.16. The fourth-order valence-corrected chi connectivity index (χ4v) is 1.76. The van der Waals surface area contributed by atoms with E-state index in [1.807, 2.05) is 17.9 Å². The van der Waals surface area contributed by atoms with Gasteiger partial charge < -0.3 is 10.1 Å². The summed E-state index contributed by atoms with van der Waals surface area (Å²) >= 11 is 0. The minimum atomic E-state index is -0.0177. The molecule has 0 aliphatic rings. The molecule has 19 heavy (non-hydrogen) atoms. The second-order valence-electron chi connectivity index (χ2n) is 4.12. The molecule has 1 amide bonds. The predicted molar refractivity (Wildman–Crippen MR) is 72.7 cm³/mol. The summed E-state index contributed by atoms with van der Waals surface area (Å²) in [6.45, 7) is 3.74. The Labute approximate surface area is 113 Å². The summed E-state index contributed by atoms with van der Waals surface area (Å²) in [5.41, 5.74) is 1.50. The van der Waals surface area contributed by atoms with Crippen molar-refractivity contribution in [2.45, 2.75) is 13.5 Å². The van der Waals surface area contributed by atoms with E-state index in [1.54, 1.807) is 26.3 Å². The molecule has 5 heteroatoms. The molecule has 0 aliphatic carbocycles. The Morgan fingerprint density at radius 3 is 2.79 bits per heavy atom. The van der Waals surface area contributed by atoms with E-state index in [4.69, 9.17) is 10.00 Å². The quantitative estimate of drug-likeness (QED) is 0.834. The predicted octanol–water partition coefficient (Wildman–Crippen LogP) is 1.13. The van der Waals surface area contributed by atoms with E-state index in [2.05, 4.69) is 11.4 Å². The van der Waals surface area contributed by atoms with Crippen LogP contribution >= 0.6 is 0 Å². The number of nitrogens with zero attached hydrogens (tertiary/aromatic N) is 2. The number of rotatable bonds is 6. The number of carbonyl (C=O) groups excluding carboxylic acids is 1. The van der Waals surface area contributed by atoms with Crippen LogP contribution in [-0.2, 0) is 11.3 Å². The van der Waals surface area contributed by atoms with Gasteiger partial charge in [0.25, 0.3) is 0 Å². The van der Waals surface area contributed by atoms with Crippen molar-refractivity contribution in [1.29, 1.82) is 5.26 Å². The molecule has 0 fully saturated rings.